The van der Waals surface area contributed by atoms with Crippen molar-refractivity contribution in [1.29, 1.82) is 0 Å². The van der Waals surface area contributed by atoms with Crippen LogP contribution in [-0.2, 0) is 4.74 Å². The molecule has 1 aromatic carbocycles. The zero-order valence-electron chi connectivity index (χ0n) is 17.1. The quantitative estimate of drug-likeness (QED) is 0.238. The molecule has 0 amide bonds. The van der Waals surface area contributed by atoms with E-state index in [1.807, 2.05) is 18.2 Å². The van der Waals surface area contributed by atoms with E-state index < -0.39 is 0 Å². The van der Waals surface area contributed by atoms with E-state index in [1.165, 1.54) is 4.88 Å². The van der Waals surface area contributed by atoms with Gasteiger partial charge in [0.05, 0.1) is 25.8 Å². The number of aryl methyl sites for hydroxylation is 1. The summed E-state index contributed by atoms with van der Waals surface area (Å²) in [5.74, 6) is 1.72. The number of benzene rings is 1. The van der Waals surface area contributed by atoms with Crippen LogP contribution in [0.25, 0.3) is 0 Å². The molecule has 29 heavy (non-hydrogen) atoms. The molecule has 1 saturated heterocycles. The number of rotatable bonds is 8. The number of para-hydroxylation sites is 1. The van der Waals surface area contributed by atoms with Gasteiger partial charge in [-0.2, -0.15) is 0 Å². The average molecular weight is 530 g/mol. The lowest BCUT2D eigenvalue weighted by molar-refractivity contribution is 0.0177. The fourth-order valence-corrected chi connectivity index (χ4v) is 4.10. The molecule has 0 aliphatic carbocycles. The van der Waals surface area contributed by atoms with Crippen molar-refractivity contribution in [3.63, 3.8) is 0 Å². The summed E-state index contributed by atoms with van der Waals surface area (Å²) >= 11 is 1.80. The Morgan fingerprint density at radius 2 is 2.00 bits per heavy atom. The van der Waals surface area contributed by atoms with Crippen molar-refractivity contribution in [2.45, 2.75) is 13.0 Å². The molecule has 8 heteroatoms. The SMILES string of the molecule is CN=C(NCCOc1ccccc1C)NCC(c1cccs1)N1CCOCC1.I. The minimum atomic E-state index is 0. The number of morpholine rings is 1. The molecular weight excluding hydrogens is 499 g/mol. The van der Waals surface area contributed by atoms with Gasteiger partial charge in [-0.3, -0.25) is 9.89 Å². The first-order valence-corrected chi connectivity index (χ1v) is 10.6. The van der Waals surface area contributed by atoms with Gasteiger partial charge < -0.3 is 20.1 Å². The van der Waals surface area contributed by atoms with E-state index >= 15 is 0 Å². The zero-order chi connectivity index (χ0) is 19.6. The summed E-state index contributed by atoms with van der Waals surface area (Å²) in [6.45, 7) is 7.65. The van der Waals surface area contributed by atoms with Crippen LogP contribution < -0.4 is 15.4 Å². The molecule has 1 fully saturated rings. The Hall–Kier alpha value is -1.36. The Balaban J connectivity index is 0.00000300. The Bertz CT molecular complexity index is 736. The summed E-state index contributed by atoms with van der Waals surface area (Å²) in [6, 6.07) is 12.7. The van der Waals surface area contributed by atoms with Crippen LogP contribution in [0.2, 0.25) is 0 Å². The highest BCUT2D eigenvalue weighted by molar-refractivity contribution is 14.0. The number of nitrogens with zero attached hydrogens (tertiary/aromatic N) is 2. The molecule has 1 aromatic heterocycles. The highest BCUT2D eigenvalue weighted by Crippen LogP contribution is 2.25. The molecule has 1 aliphatic heterocycles. The molecule has 0 spiro atoms. The summed E-state index contributed by atoms with van der Waals surface area (Å²) < 4.78 is 11.4. The number of guanidine groups is 1. The first kappa shape index (κ1) is 23.9. The minimum absolute atomic E-state index is 0. The van der Waals surface area contributed by atoms with Crippen LogP contribution in [0, 0.1) is 6.92 Å². The van der Waals surface area contributed by atoms with Crippen LogP contribution in [0.4, 0.5) is 0 Å². The standard InChI is InChI=1S/C21H30N4O2S.HI/c1-17-6-3-4-7-19(17)27-12-9-23-21(22-2)24-16-18(20-8-5-15-28-20)25-10-13-26-14-11-25;/h3-8,15,18H,9-14,16H2,1-2H3,(H2,22,23,24);1H. The van der Waals surface area contributed by atoms with Gasteiger partial charge in [-0.1, -0.05) is 24.3 Å². The fraction of sp³-hybridized carbons (Fsp3) is 0.476. The Morgan fingerprint density at radius 3 is 2.69 bits per heavy atom. The number of hydrogen-bond acceptors (Lipinski definition) is 5. The lowest BCUT2D eigenvalue weighted by atomic mass is 10.2. The second kappa shape index (κ2) is 13.0. The van der Waals surface area contributed by atoms with E-state index in [9.17, 15) is 0 Å². The summed E-state index contributed by atoms with van der Waals surface area (Å²) in [5.41, 5.74) is 1.15. The van der Waals surface area contributed by atoms with Gasteiger partial charge in [-0.25, -0.2) is 0 Å². The highest BCUT2D eigenvalue weighted by atomic mass is 127. The average Bonchev–Trinajstić information content (AvgIpc) is 3.26. The number of aliphatic imine (C=N–C) groups is 1. The molecule has 0 bridgehead atoms. The van der Waals surface area contributed by atoms with Crippen molar-refractivity contribution in [2.75, 3.05) is 53.0 Å². The maximum absolute atomic E-state index is 5.85. The van der Waals surface area contributed by atoms with Crippen LogP contribution >= 0.6 is 35.3 Å². The second-order valence-electron chi connectivity index (χ2n) is 6.67. The third-order valence-corrected chi connectivity index (χ3v) is 5.76. The van der Waals surface area contributed by atoms with Crippen molar-refractivity contribution < 1.29 is 9.47 Å². The molecule has 160 valence electrons. The zero-order valence-corrected chi connectivity index (χ0v) is 20.2. The van der Waals surface area contributed by atoms with Crippen molar-refractivity contribution in [3.8, 4) is 5.75 Å². The van der Waals surface area contributed by atoms with Gasteiger partial charge in [-0.05, 0) is 30.0 Å². The van der Waals surface area contributed by atoms with Gasteiger partial charge in [0.15, 0.2) is 5.96 Å². The summed E-state index contributed by atoms with van der Waals surface area (Å²) in [7, 11) is 1.80. The number of nitrogens with one attached hydrogen (secondary N) is 2. The predicted molar refractivity (Wildman–Crippen MR) is 131 cm³/mol. The lowest BCUT2D eigenvalue weighted by Crippen LogP contribution is -2.46. The number of hydrogen-bond donors (Lipinski definition) is 2. The minimum Gasteiger partial charge on any atom is -0.491 e. The Morgan fingerprint density at radius 1 is 1.21 bits per heavy atom. The highest BCUT2D eigenvalue weighted by Gasteiger charge is 2.23. The van der Waals surface area contributed by atoms with Crippen LogP contribution in [-0.4, -0.2) is 63.9 Å². The third-order valence-electron chi connectivity index (χ3n) is 4.79. The first-order valence-electron chi connectivity index (χ1n) is 9.76. The monoisotopic (exact) mass is 530 g/mol. The molecule has 2 aromatic rings. The van der Waals surface area contributed by atoms with Gasteiger partial charge in [-0.15, -0.1) is 35.3 Å². The van der Waals surface area contributed by atoms with Crippen LogP contribution in [0.15, 0.2) is 46.8 Å². The molecule has 1 aliphatic rings. The van der Waals surface area contributed by atoms with Gasteiger partial charge in [0.1, 0.15) is 12.4 Å². The summed E-state index contributed by atoms with van der Waals surface area (Å²) in [6.07, 6.45) is 0. The Labute approximate surface area is 194 Å². The number of halogens is 1. The van der Waals surface area contributed by atoms with Crippen LogP contribution in [0.3, 0.4) is 0 Å². The van der Waals surface area contributed by atoms with Crippen molar-refractivity contribution in [3.05, 3.63) is 52.2 Å². The van der Waals surface area contributed by atoms with E-state index in [4.69, 9.17) is 9.47 Å². The predicted octanol–water partition coefficient (Wildman–Crippen LogP) is 3.29. The lowest BCUT2D eigenvalue weighted by Gasteiger charge is -2.34. The van der Waals surface area contributed by atoms with E-state index in [-0.39, 0.29) is 24.0 Å². The summed E-state index contributed by atoms with van der Waals surface area (Å²) in [4.78, 5) is 8.20. The maximum Gasteiger partial charge on any atom is 0.191 e. The third kappa shape index (κ3) is 7.44. The molecule has 0 radical (unpaired) electrons. The number of thiophene rings is 1. The Kier molecular flexibility index (Phi) is 10.8. The molecular formula is C21H31IN4O2S. The molecule has 2 N–H and O–H groups in total. The van der Waals surface area contributed by atoms with Crippen molar-refractivity contribution in [1.82, 2.24) is 15.5 Å². The topological polar surface area (TPSA) is 58.1 Å². The largest absolute Gasteiger partial charge is 0.491 e. The first-order chi connectivity index (χ1) is 13.8. The van der Waals surface area contributed by atoms with E-state index in [1.54, 1.807) is 18.4 Å². The van der Waals surface area contributed by atoms with Gasteiger partial charge in [0.25, 0.3) is 0 Å². The van der Waals surface area contributed by atoms with Crippen molar-refractivity contribution in [2.24, 2.45) is 4.99 Å². The normalized spacial score (nSPS) is 16.0. The maximum atomic E-state index is 5.85. The molecule has 0 saturated carbocycles. The van der Waals surface area contributed by atoms with Crippen molar-refractivity contribution >= 4 is 41.3 Å². The smallest absolute Gasteiger partial charge is 0.191 e. The number of ether oxygens (including phenoxy) is 2. The summed E-state index contributed by atoms with van der Waals surface area (Å²) in [5, 5.41) is 8.95. The van der Waals surface area contributed by atoms with Gasteiger partial charge in [0, 0.05) is 31.6 Å². The van der Waals surface area contributed by atoms with Crippen LogP contribution in [0.1, 0.15) is 16.5 Å². The van der Waals surface area contributed by atoms with Gasteiger partial charge in [0.2, 0.25) is 0 Å². The second-order valence-corrected chi connectivity index (χ2v) is 7.65. The fourth-order valence-electron chi connectivity index (χ4n) is 3.24. The van der Waals surface area contributed by atoms with Crippen LogP contribution in [0.5, 0.6) is 5.75 Å². The molecule has 1 unspecified atom stereocenters. The molecule has 3 rings (SSSR count). The molecule has 6 nitrogen and oxygen atoms in total. The van der Waals surface area contributed by atoms with Gasteiger partial charge >= 0.3 is 0 Å². The molecule has 2 heterocycles. The van der Waals surface area contributed by atoms with E-state index in [0.29, 0.717) is 19.2 Å². The van der Waals surface area contributed by atoms with E-state index in [2.05, 4.69) is 51.0 Å². The van der Waals surface area contributed by atoms with E-state index in [0.717, 1.165) is 50.1 Å². The molecule has 1 atom stereocenters.